The predicted molar refractivity (Wildman–Crippen MR) is 61.2 cm³/mol. The van der Waals surface area contributed by atoms with Crippen molar-refractivity contribution < 1.29 is 4.79 Å². The van der Waals surface area contributed by atoms with Crippen LogP contribution in [0.4, 0.5) is 5.82 Å². The minimum Gasteiger partial charge on any atom is -0.352 e. The van der Waals surface area contributed by atoms with Crippen LogP contribution in [-0.4, -0.2) is 34.5 Å². The lowest BCUT2D eigenvalue weighted by Gasteiger charge is -2.41. The van der Waals surface area contributed by atoms with Gasteiger partial charge in [-0.2, -0.15) is 5.26 Å². The van der Waals surface area contributed by atoms with Crippen LogP contribution in [0, 0.1) is 11.3 Å². The van der Waals surface area contributed by atoms with E-state index < -0.39 is 5.54 Å². The first-order valence-corrected chi connectivity index (χ1v) is 5.34. The number of anilines is 1. The van der Waals surface area contributed by atoms with Crippen LogP contribution in [0.3, 0.4) is 0 Å². The summed E-state index contributed by atoms with van der Waals surface area (Å²) in [7, 11) is 0. The molecule has 0 radical (unpaired) electrons. The van der Waals surface area contributed by atoms with E-state index in [2.05, 4.69) is 15.3 Å². The van der Waals surface area contributed by atoms with Gasteiger partial charge in [-0.25, -0.2) is 9.97 Å². The zero-order valence-electron chi connectivity index (χ0n) is 9.77. The van der Waals surface area contributed by atoms with E-state index >= 15 is 0 Å². The second kappa shape index (κ2) is 4.01. The predicted octanol–water partition coefficient (Wildman–Crippen LogP) is 0.0631. The number of nitrogens with one attached hydrogen (secondary N) is 1. The van der Waals surface area contributed by atoms with Crippen LogP contribution < -0.4 is 10.2 Å². The molecule has 0 unspecified atom stereocenters. The third-order valence-corrected chi connectivity index (χ3v) is 2.89. The summed E-state index contributed by atoms with van der Waals surface area (Å²) in [5, 5.41) is 11.8. The van der Waals surface area contributed by atoms with Crippen molar-refractivity contribution in [1.29, 1.82) is 5.26 Å². The van der Waals surface area contributed by atoms with Crippen LogP contribution in [0.25, 0.3) is 0 Å². The number of hydrogen-bond acceptors (Lipinski definition) is 5. The maximum Gasteiger partial charge on any atom is 0.245 e. The average molecular weight is 231 g/mol. The fourth-order valence-electron chi connectivity index (χ4n) is 1.88. The molecule has 0 aromatic carbocycles. The molecule has 1 aromatic rings. The van der Waals surface area contributed by atoms with E-state index in [0.29, 0.717) is 18.9 Å². The highest BCUT2D eigenvalue weighted by molar-refractivity contribution is 5.90. The first kappa shape index (κ1) is 11.3. The van der Waals surface area contributed by atoms with Crippen molar-refractivity contribution in [2.75, 3.05) is 18.0 Å². The van der Waals surface area contributed by atoms with Crippen LogP contribution in [0.1, 0.15) is 19.5 Å². The van der Waals surface area contributed by atoms with Gasteiger partial charge in [0.25, 0.3) is 0 Å². The molecule has 0 atom stereocenters. The Hall–Kier alpha value is -2.16. The molecule has 0 aliphatic carbocycles. The first-order chi connectivity index (χ1) is 8.07. The number of piperazine rings is 1. The van der Waals surface area contributed by atoms with Gasteiger partial charge in [-0.3, -0.25) is 4.79 Å². The standard InChI is InChI=1S/C11H13N5O/c1-11(2)10(17)15-5-6-16(11)9-8(7-12)13-3-4-14-9/h3-4H,5-6H2,1-2H3,(H,15,17). The molecule has 1 amide bonds. The van der Waals surface area contributed by atoms with Crippen LogP contribution in [0.15, 0.2) is 12.4 Å². The van der Waals surface area contributed by atoms with Crippen LogP contribution in [0.2, 0.25) is 0 Å². The van der Waals surface area contributed by atoms with Gasteiger partial charge in [-0.1, -0.05) is 0 Å². The molecule has 1 aromatic heterocycles. The van der Waals surface area contributed by atoms with Crippen molar-refractivity contribution in [3.8, 4) is 6.07 Å². The monoisotopic (exact) mass is 231 g/mol. The molecular weight excluding hydrogens is 218 g/mol. The molecule has 6 heteroatoms. The maximum atomic E-state index is 11.8. The van der Waals surface area contributed by atoms with E-state index in [4.69, 9.17) is 5.26 Å². The Morgan fingerprint density at radius 2 is 2.18 bits per heavy atom. The van der Waals surface area contributed by atoms with Crippen molar-refractivity contribution in [3.63, 3.8) is 0 Å². The summed E-state index contributed by atoms with van der Waals surface area (Å²) in [5.74, 6) is 0.396. The number of aromatic nitrogens is 2. The van der Waals surface area contributed by atoms with Crippen LogP contribution >= 0.6 is 0 Å². The molecule has 17 heavy (non-hydrogen) atoms. The zero-order chi connectivity index (χ0) is 12.5. The summed E-state index contributed by atoms with van der Waals surface area (Å²) in [4.78, 5) is 21.8. The van der Waals surface area contributed by atoms with Gasteiger partial charge in [0.15, 0.2) is 11.5 Å². The molecule has 88 valence electrons. The smallest absolute Gasteiger partial charge is 0.245 e. The highest BCUT2D eigenvalue weighted by atomic mass is 16.2. The quantitative estimate of drug-likeness (QED) is 0.739. The highest BCUT2D eigenvalue weighted by Crippen LogP contribution is 2.25. The van der Waals surface area contributed by atoms with E-state index in [1.807, 2.05) is 11.0 Å². The number of nitrogens with zero attached hydrogens (tertiary/aromatic N) is 4. The van der Waals surface area contributed by atoms with Gasteiger partial charge in [-0.05, 0) is 13.8 Å². The Morgan fingerprint density at radius 3 is 2.88 bits per heavy atom. The van der Waals surface area contributed by atoms with Gasteiger partial charge >= 0.3 is 0 Å². The molecule has 1 N–H and O–H groups in total. The summed E-state index contributed by atoms with van der Waals surface area (Å²) >= 11 is 0. The Morgan fingerprint density at radius 1 is 1.47 bits per heavy atom. The molecule has 0 saturated carbocycles. The Labute approximate surface area is 99.3 Å². The summed E-state index contributed by atoms with van der Waals surface area (Å²) in [6.07, 6.45) is 3.00. The van der Waals surface area contributed by atoms with Gasteiger partial charge in [0.1, 0.15) is 11.6 Å². The van der Waals surface area contributed by atoms with E-state index in [1.165, 1.54) is 12.4 Å². The molecule has 0 spiro atoms. The van der Waals surface area contributed by atoms with Crippen molar-refractivity contribution in [3.05, 3.63) is 18.1 Å². The number of hydrogen-bond donors (Lipinski definition) is 1. The fraction of sp³-hybridized carbons (Fsp3) is 0.455. The van der Waals surface area contributed by atoms with Crippen LogP contribution in [0.5, 0.6) is 0 Å². The summed E-state index contributed by atoms with van der Waals surface area (Å²) in [5.41, 5.74) is -0.477. The Bertz CT molecular complexity index is 491. The highest BCUT2D eigenvalue weighted by Gasteiger charge is 2.39. The number of carbonyl (C=O) groups is 1. The second-order valence-corrected chi connectivity index (χ2v) is 4.31. The van der Waals surface area contributed by atoms with Gasteiger partial charge in [-0.15, -0.1) is 0 Å². The summed E-state index contributed by atoms with van der Waals surface area (Å²) in [6, 6.07) is 2.00. The van der Waals surface area contributed by atoms with Gasteiger partial charge in [0, 0.05) is 25.5 Å². The lowest BCUT2D eigenvalue weighted by atomic mass is 9.99. The van der Waals surface area contributed by atoms with E-state index in [9.17, 15) is 4.79 Å². The molecule has 1 aliphatic heterocycles. The minimum atomic E-state index is -0.722. The Kier molecular flexibility index (Phi) is 2.68. The van der Waals surface area contributed by atoms with Crippen molar-refractivity contribution in [2.45, 2.75) is 19.4 Å². The van der Waals surface area contributed by atoms with Crippen molar-refractivity contribution in [2.24, 2.45) is 0 Å². The lowest BCUT2D eigenvalue weighted by molar-refractivity contribution is -0.126. The first-order valence-electron chi connectivity index (χ1n) is 5.34. The molecule has 1 saturated heterocycles. The number of rotatable bonds is 1. The average Bonchev–Trinajstić information content (AvgIpc) is 2.33. The second-order valence-electron chi connectivity index (χ2n) is 4.31. The fourth-order valence-corrected chi connectivity index (χ4v) is 1.88. The minimum absolute atomic E-state index is 0.0710. The normalized spacial score (nSPS) is 18.4. The number of amides is 1. The molecular formula is C11H13N5O. The largest absolute Gasteiger partial charge is 0.352 e. The molecule has 2 heterocycles. The topological polar surface area (TPSA) is 81.9 Å². The molecule has 0 bridgehead atoms. The van der Waals surface area contributed by atoms with Crippen molar-refractivity contribution >= 4 is 11.7 Å². The number of nitriles is 1. The summed E-state index contributed by atoms with van der Waals surface area (Å²) in [6.45, 7) is 4.77. The van der Waals surface area contributed by atoms with Gasteiger partial charge in [0.2, 0.25) is 5.91 Å². The third-order valence-electron chi connectivity index (χ3n) is 2.89. The molecule has 2 rings (SSSR count). The molecule has 1 fully saturated rings. The Balaban J connectivity index is 2.46. The van der Waals surface area contributed by atoms with Crippen molar-refractivity contribution in [1.82, 2.24) is 15.3 Å². The van der Waals surface area contributed by atoms with Gasteiger partial charge < -0.3 is 10.2 Å². The lowest BCUT2D eigenvalue weighted by Crippen LogP contribution is -2.62. The molecule has 1 aliphatic rings. The third kappa shape index (κ3) is 1.80. The van der Waals surface area contributed by atoms with E-state index in [0.717, 1.165) is 0 Å². The summed E-state index contributed by atoms with van der Waals surface area (Å²) < 4.78 is 0. The number of carbonyl (C=O) groups excluding carboxylic acids is 1. The maximum absolute atomic E-state index is 11.8. The molecule has 6 nitrogen and oxygen atoms in total. The van der Waals surface area contributed by atoms with Crippen LogP contribution in [-0.2, 0) is 4.79 Å². The SMILES string of the molecule is CC1(C)C(=O)NCCN1c1nccnc1C#N. The zero-order valence-corrected chi connectivity index (χ0v) is 9.77. The van der Waals surface area contributed by atoms with E-state index in [-0.39, 0.29) is 11.6 Å². The van der Waals surface area contributed by atoms with Gasteiger partial charge in [0.05, 0.1) is 0 Å². The van der Waals surface area contributed by atoms with E-state index in [1.54, 1.807) is 13.8 Å².